The van der Waals surface area contributed by atoms with Crippen molar-refractivity contribution in [3.63, 3.8) is 0 Å². The Labute approximate surface area is 130 Å². The van der Waals surface area contributed by atoms with Gasteiger partial charge in [-0.1, -0.05) is 31.5 Å². The van der Waals surface area contributed by atoms with Crippen molar-refractivity contribution >= 4 is 11.6 Å². The van der Waals surface area contributed by atoms with E-state index >= 15 is 0 Å². The van der Waals surface area contributed by atoms with E-state index in [0.29, 0.717) is 22.3 Å². The summed E-state index contributed by atoms with van der Waals surface area (Å²) >= 11 is 6.07. The van der Waals surface area contributed by atoms with Gasteiger partial charge in [0, 0.05) is 6.42 Å². The van der Waals surface area contributed by atoms with Crippen molar-refractivity contribution in [2.75, 3.05) is 0 Å². The monoisotopic (exact) mass is 305 g/mol. The molecule has 0 saturated carbocycles. The van der Waals surface area contributed by atoms with Crippen LogP contribution in [0.5, 0.6) is 5.75 Å². The van der Waals surface area contributed by atoms with E-state index in [1.54, 1.807) is 6.07 Å². The van der Waals surface area contributed by atoms with Crippen LogP contribution in [0.15, 0.2) is 18.2 Å². The highest BCUT2D eigenvalue weighted by molar-refractivity contribution is 6.31. The van der Waals surface area contributed by atoms with Gasteiger partial charge in [0.25, 0.3) is 0 Å². The second kappa shape index (κ2) is 4.90. The highest BCUT2D eigenvalue weighted by Gasteiger charge is 2.61. The van der Waals surface area contributed by atoms with E-state index in [1.165, 1.54) is 0 Å². The van der Waals surface area contributed by atoms with Gasteiger partial charge in [-0.15, -0.1) is 0 Å². The summed E-state index contributed by atoms with van der Waals surface area (Å²) in [6, 6.07) is 7.46. The number of rotatable bonds is 3. The zero-order valence-electron chi connectivity index (χ0n) is 12.6. The van der Waals surface area contributed by atoms with Crippen LogP contribution >= 0.6 is 11.6 Å². The minimum absolute atomic E-state index is 0.0285. The molecule has 2 aliphatic heterocycles. The summed E-state index contributed by atoms with van der Waals surface area (Å²) in [7, 11) is 0. The molecule has 0 N–H and O–H groups in total. The maximum atomic E-state index is 9.26. The fraction of sp³-hybridized carbons (Fsp3) is 0.588. The standard InChI is InChI=1S/C17H20ClNO2/c1-11(2)17-8-7-16(3,21-17)15(9-17)20-14-6-4-5-13(18)12(14)10-19/h4-6,11,15H,7-9H2,1-3H3/t15-,16-,17+/m1/s1. The van der Waals surface area contributed by atoms with E-state index in [4.69, 9.17) is 21.1 Å². The zero-order chi connectivity index (χ0) is 15.3. The summed E-state index contributed by atoms with van der Waals surface area (Å²) in [6.45, 7) is 6.52. The predicted molar refractivity (Wildman–Crippen MR) is 81.5 cm³/mol. The van der Waals surface area contributed by atoms with Crippen molar-refractivity contribution in [1.29, 1.82) is 5.26 Å². The average molecular weight is 306 g/mol. The van der Waals surface area contributed by atoms with Gasteiger partial charge in [0.1, 0.15) is 29.1 Å². The fourth-order valence-corrected chi connectivity index (χ4v) is 3.81. The molecule has 3 atom stereocenters. The first-order valence-electron chi connectivity index (χ1n) is 7.46. The quantitative estimate of drug-likeness (QED) is 0.835. The van der Waals surface area contributed by atoms with Gasteiger partial charge in [-0.25, -0.2) is 0 Å². The molecule has 1 aromatic carbocycles. The van der Waals surface area contributed by atoms with Crippen LogP contribution in [0.25, 0.3) is 0 Å². The van der Waals surface area contributed by atoms with Gasteiger partial charge in [0.05, 0.1) is 10.6 Å². The van der Waals surface area contributed by atoms with Crippen LogP contribution < -0.4 is 4.74 Å². The Kier molecular flexibility index (Phi) is 3.43. The molecule has 112 valence electrons. The molecule has 0 spiro atoms. The summed E-state index contributed by atoms with van der Waals surface area (Å²) in [5.41, 5.74) is 0.0635. The first-order chi connectivity index (χ1) is 9.90. The molecule has 0 radical (unpaired) electrons. The third kappa shape index (κ3) is 2.22. The Morgan fingerprint density at radius 2 is 2.19 bits per heavy atom. The van der Waals surface area contributed by atoms with E-state index in [2.05, 4.69) is 26.8 Å². The second-order valence-corrected chi connectivity index (χ2v) is 7.08. The molecule has 2 heterocycles. The Balaban J connectivity index is 1.88. The molecule has 2 saturated heterocycles. The summed E-state index contributed by atoms with van der Waals surface area (Å²) < 4.78 is 12.5. The van der Waals surface area contributed by atoms with Crippen molar-refractivity contribution in [3.8, 4) is 11.8 Å². The van der Waals surface area contributed by atoms with Crippen LogP contribution in [0.4, 0.5) is 0 Å². The van der Waals surface area contributed by atoms with E-state index in [0.717, 1.165) is 19.3 Å². The SMILES string of the molecule is CC(C)[C@@]12CC[C@@](C)(O1)[C@H](Oc1cccc(Cl)c1C#N)C2. The van der Waals surface area contributed by atoms with Crippen LogP contribution in [-0.4, -0.2) is 17.3 Å². The largest absolute Gasteiger partial charge is 0.486 e. The van der Waals surface area contributed by atoms with E-state index in [9.17, 15) is 5.26 Å². The normalized spacial score (nSPS) is 34.2. The molecule has 0 amide bonds. The number of nitrogens with zero attached hydrogens (tertiary/aromatic N) is 1. The fourth-order valence-electron chi connectivity index (χ4n) is 3.60. The number of hydrogen-bond acceptors (Lipinski definition) is 3. The topological polar surface area (TPSA) is 42.2 Å². The molecule has 0 aliphatic carbocycles. The molecule has 2 aliphatic rings. The van der Waals surface area contributed by atoms with Crippen molar-refractivity contribution < 1.29 is 9.47 Å². The summed E-state index contributed by atoms with van der Waals surface area (Å²) in [6.07, 6.45) is 2.93. The van der Waals surface area contributed by atoms with Crippen molar-refractivity contribution in [2.24, 2.45) is 5.92 Å². The van der Waals surface area contributed by atoms with Crippen molar-refractivity contribution in [1.82, 2.24) is 0 Å². The minimum atomic E-state index is -0.265. The Hall–Kier alpha value is -1.24. The highest BCUT2D eigenvalue weighted by atomic mass is 35.5. The van der Waals surface area contributed by atoms with Gasteiger partial charge in [-0.2, -0.15) is 5.26 Å². The smallest absolute Gasteiger partial charge is 0.139 e. The van der Waals surface area contributed by atoms with Crippen molar-refractivity contribution in [3.05, 3.63) is 28.8 Å². The molecule has 2 bridgehead atoms. The number of benzene rings is 1. The molecular weight excluding hydrogens is 286 g/mol. The van der Waals surface area contributed by atoms with Crippen LogP contribution in [0, 0.1) is 17.2 Å². The maximum absolute atomic E-state index is 9.26. The average Bonchev–Trinajstić information content (AvgIpc) is 2.91. The van der Waals surface area contributed by atoms with Gasteiger partial charge in [-0.05, 0) is 37.8 Å². The third-order valence-electron chi connectivity index (χ3n) is 5.10. The van der Waals surface area contributed by atoms with Crippen LogP contribution in [0.1, 0.15) is 45.6 Å². The number of nitriles is 1. The van der Waals surface area contributed by atoms with Crippen molar-refractivity contribution in [2.45, 2.75) is 57.3 Å². The van der Waals surface area contributed by atoms with Gasteiger partial charge in [-0.3, -0.25) is 0 Å². The third-order valence-corrected chi connectivity index (χ3v) is 5.42. The van der Waals surface area contributed by atoms with Crippen LogP contribution in [0.2, 0.25) is 5.02 Å². The first-order valence-corrected chi connectivity index (χ1v) is 7.83. The van der Waals surface area contributed by atoms with E-state index in [-0.39, 0.29) is 17.3 Å². The van der Waals surface area contributed by atoms with Crippen LogP contribution in [-0.2, 0) is 4.74 Å². The van der Waals surface area contributed by atoms with Gasteiger partial charge in [0.15, 0.2) is 0 Å². The molecule has 3 rings (SSSR count). The number of ether oxygens (including phenoxy) is 2. The van der Waals surface area contributed by atoms with Crippen LogP contribution in [0.3, 0.4) is 0 Å². The molecule has 1 aromatic rings. The second-order valence-electron chi connectivity index (χ2n) is 6.67. The molecule has 0 unspecified atom stereocenters. The molecule has 4 heteroatoms. The van der Waals surface area contributed by atoms with E-state index in [1.807, 2.05) is 12.1 Å². The van der Waals surface area contributed by atoms with Gasteiger partial charge in [0.2, 0.25) is 0 Å². The minimum Gasteiger partial charge on any atom is -0.486 e. The molecule has 21 heavy (non-hydrogen) atoms. The molecule has 3 nitrogen and oxygen atoms in total. The molecule has 0 aromatic heterocycles. The molecule has 2 fully saturated rings. The number of halogens is 1. The lowest BCUT2D eigenvalue weighted by atomic mass is 9.75. The summed E-state index contributed by atoms with van der Waals surface area (Å²) in [5, 5.41) is 9.70. The Morgan fingerprint density at radius 3 is 2.81 bits per heavy atom. The first kappa shape index (κ1) is 14.7. The summed E-state index contributed by atoms with van der Waals surface area (Å²) in [5.74, 6) is 1.02. The molecular formula is C17H20ClNO2. The van der Waals surface area contributed by atoms with E-state index < -0.39 is 0 Å². The zero-order valence-corrected chi connectivity index (χ0v) is 13.4. The predicted octanol–water partition coefficient (Wildman–Crippen LogP) is 4.33. The summed E-state index contributed by atoms with van der Waals surface area (Å²) in [4.78, 5) is 0. The Bertz CT molecular complexity index is 609. The lowest BCUT2D eigenvalue weighted by Gasteiger charge is -2.32. The van der Waals surface area contributed by atoms with Gasteiger partial charge < -0.3 is 9.47 Å². The Morgan fingerprint density at radius 1 is 1.43 bits per heavy atom. The highest BCUT2D eigenvalue weighted by Crippen LogP contribution is 2.55. The lowest BCUT2D eigenvalue weighted by molar-refractivity contribution is -0.0769. The lowest BCUT2D eigenvalue weighted by Crippen LogP contribution is -2.40. The number of hydrogen-bond donors (Lipinski definition) is 0. The number of fused-ring (bicyclic) bond motifs is 2. The maximum Gasteiger partial charge on any atom is 0.139 e. The van der Waals surface area contributed by atoms with Gasteiger partial charge >= 0.3 is 0 Å².